The van der Waals surface area contributed by atoms with Crippen molar-refractivity contribution in [3.05, 3.63) is 0 Å². The van der Waals surface area contributed by atoms with Crippen molar-refractivity contribution in [1.29, 1.82) is 0 Å². The summed E-state index contributed by atoms with van der Waals surface area (Å²) in [5.74, 6) is 0.427. The van der Waals surface area contributed by atoms with E-state index in [0.717, 1.165) is 13.0 Å². The lowest BCUT2D eigenvalue weighted by molar-refractivity contribution is -0.136. The molecule has 0 aliphatic carbocycles. The van der Waals surface area contributed by atoms with Crippen LogP contribution in [0, 0.1) is 5.92 Å². The third-order valence-corrected chi connectivity index (χ3v) is 2.74. The third-order valence-electron chi connectivity index (χ3n) is 1.94. The van der Waals surface area contributed by atoms with Gasteiger partial charge in [-0.15, -0.1) is 0 Å². The molecule has 0 amide bonds. The maximum Gasteiger partial charge on any atom is 0.325 e. The molecule has 0 bridgehead atoms. The Labute approximate surface area is 71.4 Å². The predicted molar refractivity (Wildman–Crippen MR) is 49.8 cm³/mol. The molecule has 11 heavy (non-hydrogen) atoms. The third kappa shape index (κ3) is 2.11. The van der Waals surface area contributed by atoms with Gasteiger partial charge in [0.1, 0.15) is 6.04 Å². The Kier molecular flexibility index (Phi) is 3.24. The summed E-state index contributed by atoms with van der Waals surface area (Å²) in [7, 11) is 4.55. The van der Waals surface area contributed by atoms with Gasteiger partial charge in [0.05, 0.1) is 9.47 Å². The van der Waals surface area contributed by atoms with Crippen molar-refractivity contribution >= 4 is 24.8 Å². The molecular weight excluding hydrogens is 180 g/mol. The molecule has 1 aliphatic rings. The van der Waals surface area contributed by atoms with Crippen LogP contribution in [-0.2, 0) is 9.32 Å². The van der Waals surface area contributed by atoms with Gasteiger partial charge in [-0.05, 0) is 12.3 Å². The van der Waals surface area contributed by atoms with Crippen molar-refractivity contribution in [2.75, 3.05) is 6.54 Å². The largest absolute Gasteiger partial charge is 0.450 e. The Balaban J connectivity index is 2.52. The number of carbonyl (C=O) groups is 1. The first-order valence-electron chi connectivity index (χ1n) is 3.57. The van der Waals surface area contributed by atoms with E-state index >= 15 is 0 Å². The molecule has 0 radical (unpaired) electrons. The molecule has 1 aliphatic heterocycles. The summed E-state index contributed by atoms with van der Waals surface area (Å²) in [6, 6.07) is -0.0625. The second-order valence-electron chi connectivity index (χ2n) is 2.99. The fourth-order valence-corrected chi connectivity index (χ4v) is 2.15. The summed E-state index contributed by atoms with van der Waals surface area (Å²) in [6.07, 6.45) is 0.900. The summed E-state index contributed by atoms with van der Waals surface area (Å²) in [4.78, 5) is 11.1. The van der Waals surface area contributed by atoms with Gasteiger partial charge in [-0.25, -0.2) is 0 Å². The zero-order valence-electron chi connectivity index (χ0n) is 6.49. The van der Waals surface area contributed by atoms with Crippen LogP contribution < -0.4 is 0 Å². The van der Waals surface area contributed by atoms with Crippen molar-refractivity contribution in [2.24, 2.45) is 5.92 Å². The molecule has 1 heterocycles. The molecule has 1 rings (SSSR count). The molecule has 0 aromatic rings. The molecule has 0 aromatic heterocycles. The van der Waals surface area contributed by atoms with Crippen molar-refractivity contribution in [3.63, 3.8) is 0 Å². The van der Waals surface area contributed by atoms with E-state index in [4.69, 9.17) is 0 Å². The summed E-state index contributed by atoms with van der Waals surface area (Å²) in [6.45, 7) is 3.09. The van der Waals surface area contributed by atoms with Crippen LogP contribution in [0.25, 0.3) is 0 Å². The van der Waals surface area contributed by atoms with E-state index in [1.807, 2.05) is 14.1 Å². The topological polar surface area (TPSA) is 29.5 Å². The number of rotatable bonds is 1. The van der Waals surface area contributed by atoms with Crippen molar-refractivity contribution in [3.8, 4) is 0 Å². The van der Waals surface area contributed by atoms with Gasteiger partial charge in [0, 0.05) is 6.54 Å². The van der Waals surface area contributed by atoms with Gasteiger partial charge in [0.15, 0.2) is 0 Å². The number of hydrogen-bond donors (Lipinski definition) is 0. The average Bonchev–Trinajstić information content (AvgIpc) is 2.28. The van der Waals surface area contributed by atoms with Crippen molar-refractivity contribution in [2.45, 2.75) is 19.4 Å². The molecule has 0 spiro atoms. The van der Waals surface area contributed by atoms with Gasteiger partial charge >= 0.3 is 5.97 Å². The predicted octanol–water partition coefficient (Wildman–Crippen LogP) is 0.820. The van der Waals surface area contributed by atoms with E-state index in [2.05, 4.69) is 20.8 Å². The Bertz CT molecular complexity index is 165. The van der Waals surface area contributed by atoms with E-state index < -0.39 is 0 Å². The minimum atomic E-state index is -0.158. The summed E-state index contributed by atoms with van der Waals surface area (Å²) < 4.78 is 6.53. The van der Waals surface area contributed by atoms with Crippen LogP contribution in [0.15, 0.2) is 0 Å². The molecule has 0 N–H and O–H groups in total. The highest BCUT2D eigenvalue weighted by atomic mass is 31.0. The molecule has 3 nitrogen and oxygen atoms in total. The molecule has 1 saturated heterocycles. The first kappa shape index (κ1) is 9.38. The van der Waals surface area contributed by atoms with Gasteiger partial charge in [0.25, 0.3) is 0 Å². The summed E-state index contributed by atoms with van der Waals surface area (Å²) in [5.41, 5.74) is 0. The Morgan fingerprint density at radius 1 is 1.73 bits per heavy atom. The van der Waals surface area contributed by atoms with E-state index in [-0.39, 0.29) is 12.0 Å². The Morgan fingerprint density at radius 2 is 2.36 bits per heavy atom. The van der Waals surface area contributed by atoms with Crippen molar-refractivity contribution in [1.82, 2.24) is 4.67 Å². The van der Waals surface area contributed by atoms with Crippen LogP contribution in [0.4, 0.5) is 0 Å². The highest BCUT2D eigenvalue weighted by molar-refractivity contribution is 7.13. The number of carbonyl (C=O) groups excluding carboxylic acids is 1. The van der Waals surface area contributed by atoms with Gasteiger partial charge in [0.2, 0.25) is 0 Å². The first-order chi connectivity index (χ1) is 5.15. The Hall–Kier alpha value is 0.290. The normalized spacial score (nSPS) is 32.3. The van der Waals surface area contributed by atoms with Crippen LogP contribution in [0.2, 0.25) is 0 Å². The van der Waals surface area contributed by atoms with Crippen LogP contribution in [-0.4, -0.2) is 23.2 Å². The van der Waals surface area contributed by atoms with E-state index in [1.54, 1.807) is 0 Å². The molecule has 64 valence electrons. The second-order valence-corrected chi connectivity index (χ2v) is 3.89. The number of nitrogens with zero attached hydrogens (tertiary/aromatic N) is 1. The lowest BCUT2D eigenvalue weighted by Crippen LogP contribution is -2.28. The zero-order valence-corrected chi connectivity index (χ0v) is 8.80. The molecule has 0 saturated carbocycles. The highest BCUT2D eigenvalue weighted by Gasteiger charge is 2.32. The maximum absolute atomic E-state index is 11.1. The fourth-order valence-electron chi connectivity index (χ4n) is 1.39. The first-order valence-corrected chi connectivity index (χ1v) is 4.56. The summed E-state index contributed by atoms with van der Waals surface area (Å²) >= 11 is 0. The SMILES string of the molecule is C[C@H]1CC(C(=O)OP)N(P)C1. The molecule has 4 atom stereocenters. The van der Waals surface area contributed by atoms with E-state index in [0.29, 0.717) is 5.92 Å². The summed E-state index contributed by atoms with van der Waals surface area (Å²) in [5, 5.41) is 0. The quantitative estimate of drug-likeness (QED) is 0.577. The monoisotopic (exact) mass is 193 g/mol. The zero-order chi connectivity index (χ0) is 8.43. The molecule has 3 unspecified atom stereocenters. The highest BCUT2D eigenvalue weighted by Crippen LogP contribution is 2.26. The van der Waals surface area contributed by atoms with Crippen LogP contribution in [0.3, 0.4) is 0 Å². The minimum absolute atomic E-state index is 0.0625. The van der Waals surface area contributed by atoms with Gasteiger partial charge in [-0.1, -0.05) is 16.3 Å². The number of hydrogen-bond acceptors (Lipinski definition) is 3. The second kappa shape index (κ2) is 3.80. The lowest BCUT2D eigenvalue weighted by atomic mass is 10.1. The average molecular weight is 193 g/mol. The van der Waals surface area contributed by atoms with Gasteiger partial charge < -0.3 is 4.52 Å². The van der Waals surface area contributed by atoms with Crippen LogP contribution >= 0.6 is 18.9 Å². The lowest BCUT2D eigenvalue weighted by Gasteiger charge is -2.15. The standard InChI is InChI=1S/C6H13NO2P2/c1-4-2-5(6(8)9-11)7(10)3-4/h4-5H,2-3,10-11H2,1H3/t4-,5?/m0/s1. The van der Waals surface area contributed by atoms with E-state index in [9.17, 15) is 4.79 Å². The smallest absolute Gasteiger partial charge is 0.325 e. The molecular formula is C6H13NO2P2. The minimum Gasteiger partial charge on any atom is -0.450 e. The van der Waals surface area contributed by atoms with Crippen molar-refractivity contribution < 1.29 is 9.32 Å². The molecule has 5 heteroatoms. The molecule has 0 aromatic carbocycles. The van der Waals surface area contributed by atoms with Crippen LogP contribution in [0.5, 0.6) is 0 Å². The van der Waals surface area contributed by atoms with Gasteiger partial charge in [-0.2, -0.15) is 0 Å². The molecule has 1 fully saturated rings. The fraction of sp³-hybridized carbons (Fsp3) is 0.833. The van der Waals surface area contributed by atoms with Crippen LogP contribution in [0.1, 0.15) is 13.3 Å². The maximum atomic E-state index is 11.1. The van der Waals surface area contributed by atoms with E-state index in [1.165, 1.54) is 0 Å². The Morgan fingerprint density at radius 3 is 2.73 bits per heavy atom. The van der Waals surface area contributed by atoms with Gasteiger partial charge in [-0.3, -0.25) is 9.46 Å².